The lowest BCUT2D eigenvalue weighted by Gasteiger charge is -2.22. The van der Waals surface area contributed by atoms with Gasteiger partial charge in [-0.05, 0) is 37.0 Å². The summed E-state index contributed by atoms with van der Waals surface area (Å²) < 4.78 is 18.0. The Kier molecular flexibility index (Phi) is 6.71. The number of benzene rings is 1. The van der Waals surface area contributed by atoms with Crippen molar-refractivity contribution in [1.82, 2.24) is 0 Å². The van der Waals surface area contributed by atoms with Gasteiger partial charge in [0.25, 0.3) is 0 Å². The predicted molar refractivity (Wildman–Crippen MR) is 89.0 cm³/mol. The van der Waals surface area contributed by atoms with Gasteiger partial charge in [0.15, 0.2) is 0 Å². The standard InChI is InChI=1S/C17H27NO2S/c1-2-12-20-15-10-8-14(9-11-15)17(18)13-21(19)16-6-4-3-5-7-16/h8-11,16-17H,2-7,12-13,18H2,1H3. The maximum atomic E-state index is 12.4. The molecule has 0 amide bonds. The predicted octanol–water partition coefficient (Wildman–Crippen LogP) is 3.56. The fraction of sp³-hybridized carbons (Fsp3) is 0.647. The summed E-state index contributed by atoms with van der Waals surface area (Å²) in [5.41, 5.74) is 7.26. The first-order chi connectivity index (χ1) is 10.2. The average Bonchev–Trinajstić information content (AvgIpc) is 2.54. The molecule has 0 bridgehead atoms. The minimum absolute atomic E-state index is 0.145. The Labute approximate surface area is 130 Å². The van der Waals surface area contributed by atoms with Gasteiger partial charge in [-0.1, -0.05) is 38.3 Å². The van der Waals surface area contributed by atoms with E-state index in [1.54, 1.807) is 0 Å². The summed E-state index contributed by atoms with van der Waals surface area (Å²) in [6, 6.07) is 7.75. The molecule has 21 heavy (non-hydrogen) atoms. The third-order valence-electron chi connectivity index (χ3n) is 4.05. The smallest absolute Gasteiger partial charge is 0.119 e. The lowest BCUT2D eigenvalue weighted by Crippen LogP contribution is -2.26. The zero-order chi connectivity index (χ0) is 15.1. The Morgan fingerprint density at radius 2 is 1.90 bits per heavy atom. The SMILES string of the molecule is CCCOc1ccc(C(N)CS(=O)C2CCCCC2)cc1. The molecule has 0 radical (unpaired) electrons. The van der Waals surface area contributed by atoms with Crippen molar-refractivity contribution in [1.29, 1.82) is 0 Å². The summed E-state index contributed by atoms with van der Waals surface area (Å²) in [5.74, 6) is 1.45. The maximum absolute atomic E-state index is 12.4. The summed E-state index contributed by atoms with van der Waals surface area (Å²) in [6.07, 6.45) is 6.93. The van der Waals surface area contributed by atoms with Crippen LogP contribution < -0.4 is 10.5 Å². The molecule has 2 rings (SSSR count). The fourth-order valence-corrected chi connectivity index (χ4v) is 4.45. The maximum Gasteiger partial charge on any atom is 0.119 e. The lowest BCUT2D eigenvalue weighted by molar-refractivity contribution is 0.317. The van der Waals surface area contributed by atoms with Crippen LogP contribution >= 0.6 is 0 Å². The minimum Gasteiger partial charge on any atom is -0.494 e. The molecule has 2 atom stereocenters. The van der Waals surface area contributed by atoms with Gasteiger partial charge in [-0.25, -0.2) is 0 Å². The van der Waals surface area contributed by atoms with E-state index in [-0.39, 0.29) is 6.04 Å². The summed E-state index contributed by atoms with van der Waals surface area (Å²) in [6.45, 7) is 2.82. The summed E-state index contributed by atoms with van der Waals surface area (Å²) in [5, 5.41) is 0.358. The highest BCUT2D eigenvalue weighted by molar-refractivity contribution is 7.85. The first-order valence-electron chi connectivity index (χ1n) is 8.06. The van der Waals surface area contributed by atoms with Crippen molar-refractivity contribution in [2.24, 2.45) is 5.73 Å². The normalized spacial score (nSPS) is 19.1. The molecule has 2 N–H and O–H groups in total. The molecule has 1 saturated carbocycles. The molecule has 1 aliphatic rings. The second kappa shape index (κ2) is 8.54. The third-order valence-corrected chi connectivity index (χ3v) is 5.95. The molecule has 0 spiro atoms. The molecule has 0 saturated heterocycles. The van der Waals surface area contributed by atoms with Gasteiger partial charge in [-0.15, -0.1) is 0 Å². The lowest BCUT2D eigenvalue weighted by atomic mass is 10.0. The fourth-order valence-electron chi connectivity index (χ4n) is 2.77. The van der Waals surface area contributed by atoms with Gasteiger partial charge in [-0.3, -0.25) is 4.21 Å². The zero-order valence-corrected chi connectivity index (χ0v) is 13.7. The Morgan fingerprint density at radius 3 is 2.52 bits per heavy atom. The summed E-state index contributed by atoms with van der Waals surface area (Å²) in [4.78, 5) is 0. The van der Waals surface area contributed by atoms with E-state index in [1.165, 1.54) is 19.3 Å². The molecule has 1 fully saturated rings. The van der Waals surface area contributed by atoms with Gasteiger partial charge >= 0.3 is 0 Å². The monoisotopic (exact) mass is 309 g/mol. The van der Waals surface area contributed by atoms with Gasteiger partial charge in [-0.2, -0.15) is 0 Å². The molecule has 3 nitrogen and oxygen atoms in total. The van der Waals surface area contributed by atoms with Gasteiger partial charge in [0.2, 0.25) is 0 Å². The highest BCUT2D eigenvalue weighted by Crippen LogP contribution is 2.24. The van der Waals surface area contributed by atoms with Crippen LogP contribution in [0.1, 0.15) is 57.1 Å². The highest BCUT2D eigenvalue weighted by atomic mass is 32.2. The van der Waals surface area contributed by atoms with E-state index in [4.69, 9.17) is 10.5 Å². The van der Waals surface area contributed by atoms with Gasteiger partial charge in [0, 0.05) is 27.8 Å². The van der Waals surface area contributed by atoms with Crippen LogP contribution in [0, 0.1) is 0 Å². The Morgan fingerprint density at radius 1 is 1.24 bits per heavy atom. The van der Waals surface area contributed by atoms with E-state index in [0.717, 1.165) is 37.2 Å². The number of nitrogens with two attached hydrogens (primary N) is 1. The van der Waals surface area contributed by atoms with E-state index < -0.39 is 10.8 Å². The van der Waals surface area contributed by atoms with Crippen LogP contribution in [0.4, 0.5) is 0 Å². The zero-order valence-electron chi connectivity index (χ0n) is 12.9. The number of rotatable bonds is 7. The van der Waals surface area contributed by atoms with Gasteiger partial charge < -0.3 is 10.5 Å². The van der Waals surface area contributed by atoms with E-state index in [9.17, 15) is 4.21 Å². The van der Waals surface area contributed by atoms with E-state index in [1.807, 2.05) is 24.3 Å². The second-order valence-corrected chi connectivity index (χ2v) is 7.59. The molecule has 0 aromatic heterocycles. The average molecular weight is 309 g/mol. The van der Waals surface area contributed by atoms with Crippen molar-refractivity contribution in [3.63, 3.8) is 0 Å². The number of hydrogen-bond acceptors (Lipinski definition) is 3. The van der Waals surface area contributed by atoms with Crippen molar-refractivity contribution < 1.29 is 8.95 Å². The second-order valence-electron chi connectivity index (χ2n) is 5.83. The van der Waals surface area contributed by atoms with Crippen LogP contribution in [0.2, 0.25) is 0 Å². The highest BCUT2D eigenvalue weighted by Gasteiger charge is 2.22. The summed E-state index contributed by atoms with van der Waals surface area (Å²) >= 11 is 0. The van der Waals surface area contributed by atoms with E-state index in [2.05, 4.69) is 6.92 Å². The Hall–Kier alpha value is -0.870. The molecule has 1 aromatic carbocycles. The molecule has 118 valence electrons. The molecule has 1 aliphatic carbocycles. The molecular formula is C17H27NO2S. The van der Waals surface area contributed by atoms with Crippen molar-refractivity contribution in [3.05, 3.63) is 29.8 Å². The Balaban J connectivity index is 1.87. The van der Waals surface area contributed by atoms with Crippen LogP contribution in [-0.4, -0.2) is 21.8 Å². The molecule has 0 heterocycles. The van der Waals surface area contributed by atoms with Crippen molar-refractivity contribution in [3.8, 4) is 5.75 Å². The molecule has 1 aromatic rings. The van der Waals surface area contributed by atoms with Crippen molar-refractivity contribution in [2.75, 3.05) is 12.4 Å². The van der Waals surface area contributed by atoms with Crippen LogP contribution in [0.5, 0.6) is 5.75 Å². The van der Waals surface area contributed by atoms with Crippen LogP contribution in [0.25, 0.3) is 0 Å². The summed E-state index contributed by atoms with van der Waals surface area (Å²) in [7, 11) is -0.803. The first-order valence-corrected chi connectivity index (χ1v) is 9.44. The molecule has 0 aliphatic heterocycles. The Bertz CT molecular complexity index is 441. The van der Waals surface area contributed by atoms with Gasteiger partial charge in [0.05, 0.1) is 6.61 Å². The topological polar surface area (TPSA) is 52.3 Å². The third kappa shape index (κ3) is 5.11. The van der Waals surface area contributed by atoms with Gasteiger partial charge in [0.1, 0.15) is 5.75 Å². The first kappa shape index (κ1) is 16.5. The molecule has 4 heteroatoms. The van der Waals surface area contributed by atoms with E-state index >= 15 is 0 Å². The molecule has 2 unspecified atom stereocenters. The quantitative estimate of drug-likeness (QED) is 0.838. The number of hydrogen-bond donors (Lipinski definition) is 1. The van der Waals surface area contributed by atoms with Crippen molar-refractivity contribution >= 4 is 10.8 Å². The largest absolute Gasteiger partial charge is 0.494 e. The van der Waals surface area contributed by atoms with E-state index in [0.29, 0.717) is 11.0 Å². The van der Waals surface area contributed by atoms with Crippen molar-refractivity contribution in [2.45, 2.75) is 56.7 Å². The van der Waals surface area contributed by atoms with Crippen LogP contribution in [0.3, 0.4) is 0 Å². The number of ether oxygens (including phenoxy) is 1. The van der Waals surface area contributed by atoms with Crippen LogP contribution in [-0.2, 0) is 10.8 Å². The minimum atomic E-state index is -0.803. The molecular weight excluding hydrogens is 282 g/mol. The van der Waals surface area contributed by atoms with Crippen LogP contribution in [0.15, 0.2) is 24.3 Å².